The molecule has 0 radical (unpaired) electrons. The largest absolute Gasteiger partial charge is 0.454 e. The summed E-state index contributed by atoms with van der Waals surface area (Å²) in [7, 11) is 0. The van der Waals surface area contributed by atoms with Crippen LogP contribution in [-0.4, -0.2) is 47.7 Å². The molecule has 2 aliphatic heterocycles. The van der Waals surface area contributed by atoms with Crippen LogP contribution < -0.4 is 20.1 Å². The van der Waals surface area contributed by atoms with Crippen LogP contribution in [-0.2, 0) is 16.0 Å². The van der Waals surface area contributed by atoms with Crippen LogP contribution in [0.5, 0.6) is 11.5 Å². The highest BCUT2D eigenvalue weighted by molar-refractivity contribution is 6.09. The molecule has 8 nitrogen and oxygen atoms in total. The average molecular weight is 387 g/mol. The van der Waals surface area contributed by atoms with Crippen LogP contribution in [0.1, 0.15) is 44.6 Å². The Bertz CT molecular complexity index is 805. The first kappa shape index (κ1) is 18.6. The average Bonchev–Trinajstić information content (AvgIpc) is 3.21. The maximum absolute atomic E-state index is 12.9. The molecule has 150 valence electrons. The number of imide groups is 1. The highest BCUT2D eigenvalue weighted by Gasteiger charge is 2.48. The van der Waals surface area contributed by atoms with Gasteiger partial charge in [-0.05, 0) is 37.5 Å². The third kappa shape index (κ3) is 3.63. The fraction of sp³-hybridized carbons (Fsp3) is 0.550. The minimum atomic E-state index is -1.10. The molecule has 2 N–H and O–H groups in total. The van der Waals surface area contributed by atoms with E-state index in [-0.39, 0.29) is 25.3 Å². The van der Waals surface area contributed by atoms with Crippen molar-refractivity contribution in [3.63, 3.8) is 0 Å². The summed E-state index contributed by atoms with van der Waals surface area (Å²) < 4.78 is 10.7. The molecule has 2 fully saturated rings. The Balaban J connectivity index is 1.40. The van der Waals surface area contributed by atoms with Gasteiger partial charge in [0.25, 0.3) is 5.91 Å². The van der Waals surface area contributed by atoms with Crippen LogP contribution >= 0.6 is 0 Å². The molecule has 0 bridgehead atoms. The summed E-state index contributed by atoms with van der Waals surface area (Å²) in [6.07, 6.45) is 5.59. The maximum Gasteiger partial charge on any atom is 0.325 e. The molecule has 0 aromatic heterocycles. The summed E-state index contributed by atoms with van der Waals surface area (Å²) in [5.74, 6) is 0.606. The van der Waals surface area contributed by atoms with E-state index in [1.54, 1.807) is 13.0 Å². The second-order valence-electron chi connectivity index (χ2n) is 7.92. The van der Waals surface area contributed by atoms with Gasteiger partial charge in [-0.2, -0.15) is 0 Å². The fourth-order valence-electron chi connectivity index (χ4n) is 4.13. The van der Waals surface area contributed by atoms with Crippen LogP contribution in [0.15, 0.2) is 18.2 Å². The zero-order chi connectivity index (χ0) is 19.7. The Morgan fingerprint density at radius 2 is 1.96 bits per heavy atom. The first-order valence-electron chi connectivity index (χ1n) is 9.77. The number of rotatable bonds is 5. The smallest absolute Gasteiger partial charge is 0.325 e. The molecule has 4 rings (SSSR count). The maximum atomic E-state index is 12.9. The lowest BCUT2D eigenvalue weighted by molar-refractivity contribution is -0.134. The molecule has 4 amide bonds. The van der Waals surface area contributed by atoms with Crippen molar-refractivity contribution in [1.29, 1.82) is 0 Å². The molecule has 1 atom stereocenters. The number of carbonyl (C=O) groups excluding carboxylic acids is 3. The number of hydrogen-bond acceptors (Lipinski definition) is 5. The lowest BCUT2D eigenvalue weighted by atomic mass is 9.92. The Morgan fingerprint density at radius 1 is 1.21 bits per heavy atom. The van der Waals surface area contributed by atoms with E-state index in [1.807, 2.05) is 12.1 Å². The molecule has 28 heavy (non-hydrogen) atoms. The van der Waals surface area contributed by atoms with Crippen LogP contribution in [0.2, 0.25) is 0 Å². The number of nitrogens with one attached hydrogen (secondary N) is 2. The lowest BCUT2D eigenvalue weighted by Gasteiger charge is -2.24. The molecule has 8 heteroatoms. The third-order valence-electron chi connectivity index (χ3n) is 5.61. The number of hydrogen-bond donors (Lipinski definition) is 2. The molecule has 2 heterocycles. The van der Waals surface area contributed by atoms with Crippen molar-refractivity contribution in [2.75, 3.05) is 13.3 Å². The Morgan fingerprint density at radius 3 is 2.75 bits per heavy atom. The lowest BCUT2D eigenvalue weighted by Crippen LogP contribution is -2.47. The number of nitrogens with zero attached hydrogens (tertiary/aromatic N) is 1. The highest BCUT2D eigenvalue weighted by Crippen LogP contribution is 2.34. The quantitative estimate of drug-likeness (QED) is 0.750. The molecule has 1 aromatic carbocycles. The molecular weight excluding hydrogens is 362 g/mol. The summed E-state index contributed by atoms with van der Waals surface area (Å²) >= 11 is 0. The SMILES string of the molecule is C[C@]1(Cc2ccc3c(c2)OCO3)NC(=O)N(CC(=O)NC2CCCCC2)C1=O. The van der Waals surface area contributed by atoms with Gasteiger partial charge in [0.2, 0.25) is 12.7 Å². The normalized spacial score (nSPS) is 24.4. The van der Waals surface area contributed by atoms with Crippen LogP contribution in [0.4, 0.5) is 4.79 Å². The monoisotopic (exact) mass is 387 g/mol. The topological polar surface area (TPSA) is 97.0 Å². The van der Waals surface area contributed by atoms with Gasteiger partial charge in [0, 0.05) is 12.5 Å². The number of urea groups is 1. The van der Waals surface area contributed by atoms with Gasteiger partial charge in [-0.3, -0.25) is 14.5 Å². The van der Waals surface area contributed by atoms with Gasteiger partial charge >= 0.3 is 6.03 Å². The summed E-state index contributed by atoms with van der Waals surface area (Å²) in [5, 5.41) is 5.69. The van der Waals surface area contributed by atoms with Crippen molar-refractivity contribution in [1.82, 2.24) is 15.5 Å². The zero-order valence-electron chi connectivity index (χ0n) is 16.0. The van der Waals surface area contributed by atoms with Crippen LogP contribution in [0.3, 0.4) is 0 Å². The molecule has 0 unspecified atom stereocenters. The van der Waals surface area contributed by atoms with E-state index in [1.165, 1.54) is 6.42 Å². The van der Waals surface area contributed by atoms with E-state index in [4.69, 9.17) is 9.47 Å². The second-order valence-corrected chi connectivity index (χ2v) is 7.92. The van der Waals surface area contributed by atoms with Crippen molar-refractivity contribution in [3.05, 3.63) is 23.8 Å². The van der Waals surface area contributed by atoms with Gasteiger partial charge in [0.05, 0.1) is 0 Å². The van der Waals surface area contributed by atoms with E-state index in [0.29, 0.717) is 17.9 Å². The summed E-state index contributed by atoms with van der Waals surface area (Å²) in [5.41, 5.74) is -0.260. The molecule has 1 saturated heterocycles. The predicted octanol–water partition coefficient (Wildman–Crippen LogP) is 1.72. The van der Waals surface area contributed by atoms with Crippen molar-refractivity contribution in [2.24, 2.45) is 0 Å². The predicted molar refractivity (Wildman–Crippen MR) is 99.9 cm³/mol. The molecule has 1 aliphatic carbocycles. The van der Waals surface area contributed by atoms with Crippen LogP contribution in [0, 0.1) is 0 Å². The van der Waals surface area contributed by atoms with Crippen molar-refractivity contribution >= 4 is 17.8 Å². The molecular formula is C20H25N3O5. The van der Waals surface area contributed by atoms with Gasteiger partial charge in [0.1, 0.15) is 12.1 Å². The van der Waals surface area contributed by atoms with Gasteiger partial charge in [-0.1, -0.05) is 25.3 Å². The molecule has 1 saturated carbocycles. The van der Waals surface area contributed by atoms with Gasteiger partial charge in [-0.15, -0.1) is 0 Å². The number of ether oxygens (including phenoxy) is 2. The number of fused-ring (bicyclic) bond motifs is 1. The second kappa shape index (κ2) is 7.33. The minimum Gasteiger partial charge on any atom is -0.454 e. The summed E-state index contributed by atoms with van der Waals surface area (Å²) in [6, 6.07) is 5.05. The Kier molecular flexibility index (Phi) is 4.87. The van der Waals surface area contributed by atoms with Crippen molar-refractivity contribution < 1.29 is 23.9 Å². The number of benzene rings is 1. The van der Waals surface area contributed by atoms with Gasteiger partial charge in [-0.25, -0.2) is 4.79 Å². The summed E-state index contributed by atoms with van der Waals surface area (Å²) in [6.45, 7) is 1.60. The highest BCUT2D eigenvalue weighted by atomic mass is 16.7. The Hall–Kier alpha value is -2.77. The number of carbonyl (C=O) groups is 3. The van der Waals surface area contributed by atoms with E-state index >= 15 is 0 Å². The van der Waals surface area contributed by atoms with E-state index in [2.05, 4.69) is 10.6 Å². The van der Waals surface area contributed by atoms with Crippen molar-refractivity contribution in [2.45, 2.75) is 57.0 Å². The van der Waals surface area contributed by atoms with E-state index in [0.717, 1.165) is 36.1 Å². The third-order valence-corrected chi connectivity index (χ3v) is 5.61. The van der Waals surface area contributed by atoms with E-state index in [9.17, 15) is 14.4 Å². The Labute approximate surface area is 163 Å². The van der Waals surface area contributed by atoms with Gasteiger partial charge < -0.3 is 20.1 Å². The van der Waals surface area contributed by atoms with Gasteiger partial charge in [0.15, 0.2) is 11.5 Å². The minimum absolute atomic E-state index is 0.141. The number of amides is 4. The first-order valence-corrected chi connectivity index (χ1v) is 9.77. The molecule has 0 spiro atoms. The van der Waals surface area contributed by atoms with Crippen LogP contribution in [0.25, 0.3) is 0 Å². The summed E-state index contributed by atoms with van der Waals surface area (Å²) in [4.78, 5) is 38.6. The zero-order valence-corrected chi connectivity index (χ0v) is 16.0. The molecule has 1 aromatic rings. The van der Waals surface area contributed by atoms with E-state index < -0.39 is 17.5 Å². The first-order chi connectivity index (χ1) is 13.4. The van der Waals surface area contributed by atoms with Crippen molar-refractivity contribution in [3.8, 4) is 11.5 Å². The fourth-order valence-corrected chi connectivity index (χ4v) is 4.13. The molecule has 3 aliphatic rings. The standard InChI is InChI=1S/C20H25N3O5/c1-20(10-13-7-8-15-16(9-13)28-12-27-15)18(25)23(19(26)22-20)11-17(24)21-14-5-3-2-4-6-14/h7-9,14H,2-6,10-12H2,1H3,(H,21,24)(H,22,26)/t20-/m1/s1.